The van der Waals surface area contributed by atoms with Gasteiger partial charge < -0.3 is 14.8 Å². The number of carbonyl (C=O) groups excluding carboxylic acids is 1. The van der Waals surface area contributed by atoms with Gasteiger partial charge in [-0.3, -0.25) is 4.79 Å². The lowest BCUT2D eigenvalue weighted by molar-refractivity contribution is 0.0952. The van der Waals surface area contributed by atoms with E-state index >= 15 is 0 Å². The molecule has 0 spiro atoms. The molecule has 0 radical (unpaired) electrons. The average molecular weight is 361 g/mol. The number of para-hydroxylation sites is 1. The third-order valence-corrected chi connectivity index (χ3v) is 5.59. The van der Waals surface area contributed by atoms with Crippen LogP contribution in [0.25, 0.3) is 10.9 Å². The lowest BCUT2D eigenvalue weighted by Crippen LogP contribution is -2.35. The Kier molecular flexibility index (Phi) is 4.03. The lowest BCUT2D eigenvalue weighted by atomic mass is 10.0. The lowest BCUT2D eigenvalue weighted by Gasteiger charge is -2.33. The van der Waals surface area contributed by atoms with Crippen molar-refractivity contribution in [3.8, 4) is 0 Å². The molecule has 2 aromatic heterocycles. The number of piperidine rings is 1. The summed E-state index contributed by atoms with van der Waals surface area (Å²) in [7, 11) is 0. The minimum Gasteiger partial charge on any atom is -0.356 e. The molecule has 6 heteroatoms. The molecule has 3 aromatic rings. The smallest absolute Gasteiger partial charge is 0.252 e. The Hall–Kier alpha value is -2.89. The summed E-state index contributed by atoms with van der Waals surface area (Å²) in [5.41, 5.74) is 1.62. The Labute approximate surface area is 158 Å². The largest absolute Gasteiger partial charge is 0.356 e. The van der Waals surface area contributed by atoms with Gasteiger partial charge in [0.05, 0.1) is 17.4 Å². The van der Waals surface area contributed by atoms with Gasteiger partial charge in [-0.25, -0.2) is 9.97 Å². The number of benzene rings is 1. The number of hydrogen-bond donors (Lipinski definition) is 1. The van der Waals surface area contributed by atoms with E-state index in [1.165, 1.54) is 0 Å². The van der Waals surface area contributed by atoms with Gasteiger partial charge in [-0.2, -0.15) is 0 Å². The molecule has 1 aliphatic heterocycles. The third-order valence-electron chi connectivity index (χ3n) is 5.59. The molecule has 2 aliphatic rings. The number of aromatic nitrogens is 3. The van der Waals surface area contributed by atoms with Crippen LogP contribution in [0, 0.1) is 0 Å². The van der Waals surface area contributed by atoms with Gasteiger partial charge in [0.2, 0.25) is 0 Å². The summed E-state index contributed by atoms with van der Waals surface area (Å²) in [6, 6.07) is 10.7. The van der Waals surface area contributed by atoms with Crippen LogP contribution >= 0.6 is 0 Å². The van der Waals surface area contributed by atoms with Crippen molar-refractivity contribution in [2.75, 3.05) is 18.0 Å². The number of fused-ring (bicyclic) bond motifs is 1. The van der Waals surface area contributed by atoms with Gasteiger partial charge in [-0.1, -0.05) is 18.2 Å². The fourth-order valence-electron chi connectivity index (χ4n) is 3.88. The molecule has 5 rings (SSSR count). The van der Waals surface area contributed by atoms with E-state index in [2.05, 4.69) is 19.8 Å². The predicted octanol–water partition coefficient (Wildman–Crippen LogP) is 3.17. The summed E-state index contributed by atoms with van der Waals surface area (Å²) in [5, 5.41) is 4.05. The Morgan fingerprint density at radius 1 is 1.11 bits per heavy atom. The normalized spacial score (nSPS) is 18.0. The number of pyridine rings is 1. The first-order valence-electron chi connectivity index (χ1n) is 9.71. The molecular weight excluding hydrogens is 338 g/mol. The molecule has 1 amide bonds. The Bertz CT molecular complexity index is 956. The third kappa shape index (κ3) is 3.27. The van der Waals surface area contributed by atoms with Crippen molar-refractivity contribution in [2.24, 2.45) is 0 Å². The zero-order valence-corrected chi connectivity index (χ0v) is 15.2. The number of nitrogens with zero attached hydrogens (tertiary/aromatic N) is 4. The number of rotatable bonds is 4. The topological polar surface area (TPSA) is 63.1 Å². The van der Waals surface area contributed by atoms with E-state index in [1.54, 1.807) is 0 Å². The Morgan fingerprint density at radius 2 is 1.93 bits per heavy atom. The van der Waals surface area contributed by atoms with E-state index in [1.807, 2.05) is 49.1 Å². The summed E-state index contributed by atoms with van der Waals surface area (Å²) in [6.07, 6.45) is 10.0. The van der Waals surface area contributed by atoms with Gasteiger partial charge in [0.25, 0.3) is 5.91 Å². The minimum absolute atomic E-state index is 0.0191. The zero-order chi connectivity index (χ0) is 18.2. The molecule has 27 heavy (non-hydrogen) atoms. The van der Waals surface area contributed by atoms with E-state index in [4.69, 9.17) is 4.98 Å². The summed E-state index contributed by atoms with van der Waals surface area (Å²) >= 11 is 0. The average Bonchev–Trinajstić information content (AvgIpc) is 3.35. The van der Waals surface area contributed by atoms with Gasteiger partial charge in [0, 0.05) is 43.0 Å². The van der Waals surface area contributed by atoms with Crippen molar-refractivity contribution in [3.05, 3.63) is 54.6 Å². The van der Waals surface area contributed by atoms with Crippen LogP contribution in [0.4, 0.5) is 5.82 Å². The molecule has 6 nitrogen and oxygen atoms in total. The van der Waals surface area contributed by atoms with Gasteiger partial charge in [-0.15, -0.1) is 0 Å². The van der Waals surface area contributed by atoms with Crippen molar-refractivity contribution in [1.82, 2.24) is 19.9 Å². The van der Waals surface area contributed by atoms with Crippen molar-refractivity contribution in [3.63, 3.8) is 0 Å². The summed E-state index contributed by atoms with van der Waals surface area (Å²) in [5.74, 6) is 0.921. The first-order valence-corrected chi connectivity index (χ1v) is 9.71. The van der Waals surface area contributed by atoms with E-state index < -0.39 is 0 Å². The van der Waals surface area contributed by atoms with Crippen LogP contribution in [0.2, 0.25) is 0 Å². The molecule has 1 N–H and O–H groups in total. The fraction of sp³-hybridized carbons (Fsp3) is 0.381. The van der Waals surface area contributed by atoms with Crippen LogP contribution in [0.1, 0.15) is 42.1 Å². The van der Waals surface area contributed by atoms with E-state index in [0.29, 0.717) is 12.1 Å². The summed E-state index contributed by atoms with van der Waals surface area (Å²) < 4.78 is 2.19. The zero-order valence-electron chi connectivity index (χ0n) is 15.2. The van der Waals surface area contributed by atoms with Crippen LogP contribution in [0.3, 0.4) is 0 Å². The molecule has 3 heterocycles. The highest BCUT2D eigenvalue weighted by molar-refractivity contribution is 6.07. The molecule has 1 saturated carbocycles. The first-order chi connectivity index (χ1) is 13.3. The number of hydrogen-bond acceptors (Lipinski definition) is 4. The van der Waals surface area contributed by atoms with Crippen molar-refractivity contribution in [1.29, 1.82) is 0 Å². The maximum Gasteiger partial charge on any atom is 0.252 e. The minimum atomic E-state index is 0.0191. The highest BCUT2D eigenvalue weighted by atomic mass is 16.1. The van der Waals surface area contributed by atoms with Crippen LogP contribution in [0.5, 0.6) is 0 Å². The van der Waals surface area contributed by atoms with E-state index in [9.17, 15) is 4.79 Å². The number of imidazole rings is 1. The van der Waals surface area contributed by atoms with Crippen molar-refractivity contribution in [2.45, 2.75) is 37.8 Å². The van der Waals surface area contributed by atoms with Crippen molar-refractivity contribution >= 4 is 22.6 Å². The maximum absolute atomic E-state index is 12.8. The van der Waals surface area contributed by atoms with Crippen LogP contribution in [-0.4, -0.2) is 39.6 Å². The fourth-order valence-corrected chi connectivity index (χ4v) is 3.88. The quantitative estimate of drug-likeness (QED) is 0.775. The predicted molar refractivity (Wildman–Crippen MR) is 105 cm³/mol. The number of nitrogens with one attached hydrogen (secondary N) is 1. The van der Waals surface area contributed by atoms with Crippen LogP contribution in [0.15, 0.2) is 49.1 Å². The second-order valence-electron chi connectivity index (χ2n) is 7.52. The van der Waals surface area contributed by atoms with Gasteiger partial charge in [0.15, 0.2) is 0 Å². The van der Waals surface area contributed by atoms with Crippen molar-refractivity contribution < 1.29 is 4.79 Å². The molecule has 0 atom stereocenters. The Morgan fingerprint density at radius 3 is 2.67 bits per heavy atom. The molecule has 1 saturated heterocycles. The summed E-state index contributed by atoms with van der Waals surface area (Å²) in [6.45, 7) is 1.86. The molecule has 1 aromatic carbocycles. The van der Waals surface area contributed by atoms with Crippen LogP contribution < -0.4 is 10.2 Å². The van der Waals surface area contributed by atoms with Gasteiger partial charge in [0.1, 0.15) is 5.82 Å². The van der Waals surface area contributed by atoms with E-state index in [-0.39, 0.29) is 5.91 Å². The number of anilines is 1. The molecule has 0 unspecified atom stereocenters. The second kappa shape index (κ2) is 6.68. The monoisotopic (exact) mass is 361 g/mol. The molecule has 1 aliphatic carbocycles. The Balaban J connectivity index is 1.42. The standard InChI is InChI=1S/C21H23N5O/c27-21(23-15-5-6-15)18-13-20(24-19-4-2-1-3-17(18)19)25-10-7-16(8-11-25)26-12-9-22-14-26/h1-4,9,12-16H,5-8,10-11H2,(H,23,27). The van der Waals surface area contributed by atoms with Gasteiger partial charge in [-0.05, 0) is 37.8 Å². The highest BCUT2D eigenvalue weighted by Crippen LogP contribution is 2.29. The van der Waals surface area contributed by atoms with Crippen LogP contribution in [-0.2, 0) is 0 Å². The van der Waals surface area contributed by atoms with E-state index in [0.717, 1.165) is 61.1 Å². The maximum atomic E-state index is 12.8. The van der Waals surface area contributed by atoms with Gasteiger partial charge >= 0.3 is 0 Å². The first kappa shape index (κ1) is 16.3. The summed E-state index contributed by atoms with van der Waals surface area (Å²) in [4.78, 5) is 24.1. The number of amides is 1. The molecule has 2 fully saturated rings. The molecule has 0 bridgehead atoms. The molecule has 138 valence electrons. The molecular formula is C21H23N5O. The number of carbonyl (C=O) groups is 1. The highest BCUT2D eigenvalue weighted by Gasteiger charge is 2.26. The SMILES string of the molecule is O=C(NC1CC1)c1cc(N2CCC(n3ccnc3)CC2)nc2ccccc12. The second-order valence-corrected chi connectivity index (χ2v) is 7.52.